The Labute approximate surface area is 142 Å². The van der Waals surface area contributed by atoms with E-state index in [1.807, 2.05) is 24.3 Å². The van der Waals surface area contributed by atoms with Gasteiger partial charge in [-0.25, -0.2) is 0 Å². The van der Waals surface area contributed by atoms with Crippen molar-refractivity contribution in [3.8, 4) is 0 Å². The number of halogens is 1. The lowest BCUT2D eigenvalue weighted by atomic mass is 10.1. The molecule has 1 heterocycles. The fourth-order valence-electron chi connectivity index (χ4n) is 2.66. The third-order valence-corrected chi connectivity index (χ3v) is 4.34. The number of amides is 2. The SMILES string of the molecule is CCN1CCN(C(=O)CC(=O)NCCc2cccc(Cl)c2)CC1. The smallest absolute Gasteiger partial charge is 0.232 e. The Hall–Kier alpha value is -1.59. The summed E-state index contributed by atoms with van der Waals surface area (Å²) in [5.74, 6) is -0.295. The first-order chi connectivity index (χ1) is 11.1. The van der Waals surface area contributed by atoms with Crippen LogP contribution in [0.5, 0.6) is 0 Å². The number of benzene rings is 1. The zero-order valence-corrected chi connectivity index (χ0v) is 14.3. The topological polar surface area (TPSA) is 52.7 Å². The molecule has 1 aliphatic rings. The lowest BCUT2D eigenvalue weighted by molar-refractivity contribution is -0.137. The van der Waals surface area contributed by atoms with Crippen molar-refractivity contribution < 1.29 is 9.59 Å². The van der Waals surface area contributed by atoms with Gasteiger partial charge in [0.15, 0.2) is 0 Å². The quantitative estimate of drug-likeness (QED) is 0.801. The number of rotatable bonds is 6. The van der Waals surface area contributed by atoms with Gasteiger partial charge in [-0.1, -0.05) is 30.7 Å². The first-order valence-corrected chi connectivity index (χ1v) is 8.47. The first-order valence-electron chi connectivity index (χ1n) is 8.09. The molecule has 0 aliphatic carbocycles. The molecule has 6 heteroatoms. The lowest BCUT2D eigenvalue weighted by Gasteiger charge is -2.33. The van der Waals surface area contributed by atoms with Gasteiger partial charge in [0.25, 0.3) is 0 Å². The standard InChI is InChI=1S/C17H24ClN3O2/c1-2-20-8-10-21(11-9-20)17(23)13-16(22)19-7-6-14-4-3-5-15(18)12-14/h3-5,12H,2,6-11,13H2,1H3,(H,19,22). The fourth-order valence-corrected chi connectivity index (χ4v) is 2.88. The molecule has 2 amide bonds. The van der Waals surface area contributed by atoms with E-state index in [2.05, 4.69) is 17.1 Å². The Morgan fingerprint density at radius 2 is 1.96 bits per heavy atom. The van der Waals surface area contributed by atoms with Crippen molar-refractivity contribution in [1.29, 1.82) is 0 Å². The molecule has 0 bridgehead atoms. The summed E-state index contributed by atoms with van der Waals surface area (Å²) in [7, 11) is 0. The monoisotopic (exact) mass is 337 g/mol. The summed E-state index contributed by atoms with van der Waals surface area (Å²) < 4.78 is 0. The molecule has 0 radical (unpaired) electrons. The van der Waals surface area contributed by atoms with Gasteiger partial charge in [-0.3, -0.25) is 9.59 Å². The summed E-state index contributed by atoms with van der Waals surface area (Å²) in [4.78, 5) is 28.1. The highest BCUT2D eigenvalue weighted by molar-refractivity contribution is 6.30. The fraction of sp³-hybridized carbons (Fsp3) is 0.529. The molecule has 1 saturated heterocycles. The van der Waals surface area contributed by atoms with Gasteiger partial charge in [0, 0.05) is 37.7 Å². The van der Waals surface area contributed by atoms with Crippen LogP contribution in [0.3, 0.4) is 0 Å². The van der Waals surface area contributed by atoms with Crippen LogP contribution in [0.1, 0.15) is 18.9 Å². The minimum Gasteiger partial charge on any atom is -0.355 e. The van der Waals surface area contributed by atoms with Crippen molar-refractivity contribution in [2.24, 2.45) is 0 Å². The zero-order chi connectivity index (χ0) is 16.7. The van der Waals surface area contributed by atoms with Gasteiger partial charge in [-0.05, 0) is 30.7 Å². The first kappa shape index (κ1) is 17.8. The lowest BCUT2D eigenvalue weighted by Crippen LogP contribution is -2.49. The Morgan fingerprint density at radius 1 is 1.22 bits per heavy atom. The highest BCUT2D eigenvalue weighted by Crippen LogP contribution is 2.10. The van der Waals surface area contributed by atoms with Crippen molar-refractivity contribution in [1.82, 2.24) is 15.1 Å². The minimum absolute atomic E-state index is 0.0678. The Bertz CT molecular complexity index is 542. The van der Waals surface area contributed by atoms with Gasteiger partial charge in [-0.2, -0.15) is 0 Å². The van der Waals surface area contributed by atoms with Crippen molar-refractivity contribution in [3.63, 3.8) is 0 Å². The van der Waals surface area contributed by atoms with E-state index in [4.69, 9.17) is 11.6 Å². The van der Waals surface area contributed by atoms with Gasteiger partial charge in [0.1, 0.15) is 6.42 Å². The molecule has 0 spiro atoms. The van der Waals surface area contributed by atoms with Crippen molar-refractivity contribution in [3.05, 3.63) is 34.9 Å². The second-order valence-electron chi connectivity index (χ2n) is 5.72. The van der Waals surface area contributed by atoms with E-state index in [1.54, 1.807) is 4.90 Å². The van der Waals surface area contributed by atoms with E-state index in [0.29, 0.717) is 31.1 Å². The molecule has 1 aliphatic heterocycles. The minimum atomic E-state index is -0.213. The van der Waals surface area contributed by atoms with Crippen LogP contribution < -0.4 is 5.32 Å². The summed E-state index contributed by atoms with van der Waals surface area (Å²) in [6, 6.07) is 7.56. The molecule has 0 aromatic heterocycles. The summed E-state index contributed by atoms with van der Waals surface area (Å²) in [6.45, 7) is 6.83. The largest absolute Gasteiger partial charge is 0.355 e. The van der Waals surface area contributed by atoms with Crippen molar-refractivity contribution >= 4 is 23.4 Å². The Balaban J connectivity index is 1.67. The van der Waals surface area contributed by atoms with Gasteiger partial charge in [0.2, 0.25) is 11.8 Å². The average Bonchev–Trinajstić information content (AvgIpc) is 2.55. The van der Waals surface area contributed by atoms with Gasteiger partial charge < -0.3 is 15.1 Å². The Morgan fingerprint density at radius 3 is 2.61 bits per heavy atom. The predicted octanol–water partition coefficient (Wildman–Crippen LogP) is 1.55. The summed E-state index contributed by atoms with van der Waals surface area (Å²) in [5.41, 5.74) is 1.07. The molecule has 0 saturated carbocycles. The molecule has 5 nitrogen and oxygen atoms in total. The molecule has 2 rings (SSSR count). The van der Waals surface area contributed by atoms with Crippen LogP contribution in [-0.4, -0.2) is 60.9 Å². The highest BCUT2D eigenvalue weighted by Gasteiger charge is 2.21. The van der Waals surface area contributed by atoms with E-state index in [9.17, 15) is 9.59 Å². The molecule has 0 unspecified atom stereocenters. The van der Waals surface area contributed by atoms with Gasteiger partial charge >= 0.3 is 0 Å². The second-order valence-corrected chi connectivity index (χ2v) is 6.16. The molecule has 1 N–H and O–H groups in total. The molecular formula is C17H24ClN3O2. The molecule has 1 aromatic rings. The van der Waals surface area contributed by atoms with Crippen LogP contribution in [0.4, 0.5) is 0 Å². The maximum atomic E-state index is 12.1. The van der Waals surface area contributed by atoms with E-state index in [-0.39, 0.29) is 18.2 Å². The normalized spacial score (nSPS) is 15.5. The second kappa shape index (κ2) is 8.89. The number of carbonyl (C=O) groups is 2. The molecule has 126 valence electrons. The number of hydrogen-bond acceptors (Lipinski definition) is 3. The number of carbonyl (C=O) groups excluding carboxylic acids is 2. The van der Waals surface area contributed by atoms with Crippen LogP contribution in [0.2, 0.25) is 5.02 Å². The zero-order valence-electron chi connectivity index (χ0n) is 13.6. The molecule has 0 atom stereocenters. The third-order valence-electron chi connectivity index (χ3n) is 4.11. The van der Waals surface area contributed by atoms with Gasteiger partial charge in [0.05, 0.1) is 0 Å². The third kappa shape index (κ3) is 5.84. The van der Waals surface area contributed by atoms with Crippen LogP contribution in [0.15, 0.2) is 24.3 Å². The van der Waals surface area contributed by atoms with Gasteiger partial charge in [-0.15, -0.1) is 0 Å². The van der Waals surface area contributed by atoms with Crippen LogP contribution >= 0.6 is 11.6 Å². The number of nitrogens with zero attached hydrogens (tertiary/aromatic N) is 2. The van der Waals surface area contributed by atoms with E-state index < -0.39 is 0 Å². The molecule has 23 heavy (non-hydrogen) atoms. The molecular weight excluding hydrogens is 314 g/mol. The Kier molecular flexibility index (Phi) is 6.86. The average molecular weight is 338 g/mol. The highest BCUT2D eigenvalue weighted by atomic mass is 35.5. The number of hydrogen-bond donors (Lipinski definition) is 1. The van der Waals surface area contributed by atoms with E-state index in [1.165, 1.54) is 0 Å². The van der Waals surface area contributed by atoms with Crippen molar-refractivity contribution in [2.75, 3.05) is 39.3 Å². The predicted molar refractivity (Wildman–Crippen MR) is 91.5 cm³/mol. The maximum absolute atomic E-state index is 12.1. The molecule has 1 aromatic carbocycles. The summed E-state index contributed by atoms with van der Waals surface area (Å²) >= 11 is 5.92. The number of likely N-dealkylation sites (N-methyl/N-ethyl adjacent to an activating group) is 1. The summed E-state index contributed by atoms with van der Waals surface area (Å²) in [6.07, 6.45) is 0.636. The number of piperazine rings is 1. The van der Waals surface area contributed by atoms with E-state index in [0.717, 1.165) is 25.2 Å². The van der Waals surface area contributed by atoms with Crippen molar-refractivity contribution in [2.45, 2.75) is 19.8 Å². The summed E-state index contributed by atoms with van der Waals surface area (Å²) in [5, 5.41) is 3.49. The van der Waals surface area contributed by atoms with Crippen LogP contribution in [0, 0.1) is 0 Å². The number of nitrogens with one attached hydrogen (secondary N) is 1. The molecule has 1 fully saturated rings. The van der Waals surface area contributed by atoms with E-state index >= 15 is 0 Å². The van der Waals surface area contributed by atoms with Crippen LogP contribution in [0.25, 0.3) is 0 Å². The van der Waals surface area contributed by atoms with Crippen LogP contribution in [-0.2, 0) is 16.0 Å². The maximum Gasteiger partial charge on any atom is 0.232 e.